The monoisotopic (exact) mass is 630 g/mol. The molecule has 1 amide bonds. The van der Waals surface area contributed by atoms with E-state index in [2.05, 4.69) is 26.3 Å². The Morgan fingerprint density at radius 2 is 1.90 bits per heavy atom. The van der Waals surface area contributed by atoms with Gasteiger partial charge in [-0.25, -0.2) is 4.98 Å². The van der Waals surface area contributed by atoms with E-state index in [1.54, 1.807) is 48.5 Å². The van der Waals surface area contributed by atoms with Gasteiger partial charge >= 0.3 is 0 Å². The number of carbonyl (C=O) groups is 1. The second-order valence-electron chi connectivity index (χ2n) is 8.67. The number of benzene rings is 3. The molecule has 11 heteroatoms. The average molecular weight is 632 g/mol. The predicted molar refractivity (Wildman–Crippen MR) is 159 cm³/mol. The standard InChI is InChI=1S/C28H25BrCl2N4O4/c1-4-16(2)27-34-23-10-5-18(29)12-22(23)28(37)35(27)32-14-17-11-20(31)13-24(38-3)26(17)39-15-25(36)33-21-8-6-19(30)7-9-21/h5-14,16H,4,15H2,1-3H3,(H,33,36)/t16-/m0/s1. The maximum absolute atomic E-state index is 13.5. The third-order valence-corrected chi connectivity index (χ3v) is 6.91. The first-order valence-corrected chi connectivity index (χ1v) is 13.6. The van der Waals surface area contributed by atoms with Crippen LogP contribution in [0.25, 0.3) is 10.9 Å². The summed E-state index contributed by atoms with van der Waals surface area (Å²) in [7, 11) is 1.46. The van der Waals surface area contributed by atoms with Crippen LogP contribution in [0.3, 0.4) is 0 Å². The van der Waals surface area contributed by atoms with Crippen molar-refractivity contribution in [3.05, 3.63) is 90.9 Å². The van der Waals surface area contributed by atoms with E-state index in [0.717, 1.165) is 10.9 Å². The fourth-order valence-corrected chi connectivity index (χ4v) is 4.46. The fourth-order valence-electron chi connectivity index (χ4n) is 3.76. The number of halogens is 3. The lowest BCUT2D eigenvalue weighted by Gasteiger charge is -2.15. The highest BCUT2D eigenvalue weighted by molar-refractivity contribution is 9.10. The summed E-state index contributed by atoms with van der Waals surface area (Å²) < 4.78 is 13.3. The second-order valence-corrected chi connectivity index (χ2v) is 10.5. The number of hydrogen-bond donors (Lipinski definition) is 1. The third kappa shape index (κ3) is 6.79. The molecule has 0 fully saturated rings. The van der Waals surface area contributed by atoms with Crippen molar-refractivity contribution in [3.8, 4) is 11.5 Å². The van der Waals surface area contributed by atoms with Gasteiger partial charge in [0.1, 0.15) is 5.82 Å². The summed E-state index contributed by atoms with van der Waals surface area (Å²) >= 11 is 15.6. The van der Waals surface area contributed by atoms with Crippen LogP contribution in [-0.2, 0) is 4.79 Å². The van der Waals surface area contributed by atoms with Gasteiger partial charge < -0.3 is 14.8 Å². The quantitative estimate of drug-likeness (QED) is 0.203. The third-order valence-electron chi connectivity index (χ3n) is 5.94. The molecule has 8 nitrogen and oxygen atoms in total. The number of rotatable bonds is 9. The van der Waals surface area contributed by atoms with Crippen LogP contribution in [0.5, 0.6) is 11.5 Å². The number of amides is 1. The van der Waals surface area contributed by atoms with Gasteiger partial charge in [-0.2, -0.15) is 9.78 Å². The largest absolute Gasteiger partial charge is 0.493 e. The first-order valence-electron chi connectivity index (χ1n) is 12.0. The zero-order valence-corrected chi connectivity index (χ0v) is 24.5. The molecule has 1 N–H and O–H groups in total. The van der Waals surface area contributed by atoms with Crippen molar-refractivity contribution in [1.29, 1.82) is 0 Å². The Morgan fingerprint density at radius 1 is 1.15 bits per heavy atom. The van der Waals surface area contributed by atoms with E-state index in [9.17, 15) is 9.59 Å². The Balaban J connectivity index is 1.70. The van der Waals surface area contributed by atoms with E-state index >= 15 is 0 Å². The van der Waals surface area contributed by atoms with E-state index in [1.165, 1.54) is 18.0 Å². The summed E-state index contributed by atoms with van der Waals surface area (Å²) in [5, 5.41) is 8.58. The van der Waals surface area contributed by atoms with Crippen LogP contribution in [0.2, 0.25) is 10.0 Å². The number of nitrogens with one attached hydrogen (secondary N) is 1. The van der Waals surface area contributed by atoms with Gasteiger partial charge in [0, 0.05) is 37.8 Å². The molecule has 1 aromatic heterocycles. The zero-order valence-electron chi connectivity index (χ0n) is 21.4. The molecular weight excluding hydrogens is 607 g/mol. The van der Waals surface area contributed by atoms with Gasteiger partial charge in [0.25, 0.3) is 11.5 Å². The Labute approximate surface area is 243 Å². The van der Waals surface area contributed by atoms with Crippen LogP contribution in [0, 0.1) is 0 Å². The summed E-state index contributed by atoms with van der Waals surface area (Å²) in [5.74, 6) is 0.637. The van der Waals surface area contributed by atoms with Crippen molar-refractivity contribution in [3.63, 3.8) is 0 Å². The molecule has 0 unspecified atom stereocenters. The topological polar surface area (TPSA) is 94.8 Å². The Kier molecular flexibility index (Phi) is 9.27. The van der Waals surface area contributed by atoms with Crippen molar-refractivity contribution in [2.45, 2.75) is 26.2 Å². The van der Waals surface area contributed by atoms with Crippen LogP contribution in [0.15, 0.2) is 69.0 Å². The van der Waals surface area contributed by atoms with Crippen molar-refractivity contribution >= 4 is 67.8 Å². The molecule has 4 rings (SSSR count). The number of fused-ring (bicyclic) bond motifs is 1. The summed E-state index contributed by atoms with van der Waals surface area (Å²) in [5.41, 5.74) is 1.26. The van der Waals surface area contributed by atoms with Crippen molar-refractivity contribution < 1.29 is 14.3 Å². The molecule has 0 bridgehead atoms. The number of carbonyl (C=O) groups excluding carboxylic acids is 1. The lowest BCUT2D eigenvalue weighted by atomic mass is 10.1. The van der Waals surface area contributed by atoms with Gasteiger partial charge in [0.15, 0.2) is 18.1 Å². The van der Waals surface area contributed by atoms with Gasteiger partial charge in [-0.3, -0.25) is 9.59 Å². The SMILES string of the molecule is CC[C@H](C)c1nc2ccc(Br)cc2c(=O)n1N=Cc1cc(Cl)cc(OC)c1OCC(=O)Nc1ccc(Cl)cc1. The average Bonchev–Trinajstić information content (AvgIpc) is 2.92. The molecule has 0 spiro atoms. The minimum absolute atomic E-state index is 0.0379. The van der Waals surface area contributed by atoms with E-state index in [-0.39, 0.29) is 23.8 Å². The van der Waals surface area contributed by atoms with Gasteiger partial charge in [-0.1, -0.05) is 53.0 Å². The second kappa shape index (κ2) is 12.6. The summed E-state index contributed by atoms with van der Waals surface area (Å²) in [6.07, 6.45) is 2.20. The molecule has 0 aliphatic rings. The lowest BCUT2D eigenvalue weighted by Crippen LogP contribution is -2.24. The molecule has 4 aromatic rings. The molecule has 3 aromatic carbocycles. The Bertz CT molecular complexity index is 1610. The first kappa shape index (κ1) is 28.6. The molecule has 1 atom stereocenters. The molecule has 202 valence electrons. The van der Waals surface area contributed by atoms with E-state index in [4.69, 9.17) is 37.7 Å². The highest BCUT2D eigenvalue weighted by atomic mass is 79.9. The summed E-state index contributed by atoms with van der Waals surface area (Å²) in [4.78, 5) is 30.7. The Hall–Kier alpha value is -3.40. The van der Waals surface area contributed by atoms with Crippen LogP contribution in [0.1, 0.15) is 37.6 Å². The van der Waals surface area contributed by atoms with Gasteiger partial charge in [-0.05, 0) is 55.0 Å². The van der Waals surface area contributed by atoms with E-state index < -0.39 is 5.91 Å². The summed E-state index contributed by atoms with van der Waals surface area (Å²) in [6, 6.07) is 15.2. The minimum atomic E-state index is -0.392. The van der Waals surface area contributed by atoms with Gasteiger partial charge in [0.2, 0.25) is 0 Å². The lowest BCUT2D eigenvalue weighted by molar-refractivity contribution is -0.118. The number of nitrogens with zero attached hydrogens (tertiary/aromatic N) is 3. The van der Waals surface area contributed by atoms with Crippen molar-refractivity contribution in [2.24, 2.45) is 5.10 Å². The summed E-state index contributed by atoms with van der Waals surface area (Å²) in [6.45, 7) is 3.68. The first-order chi connectivity index (χ1) is 18.7. The van der Waals surface area contributed by atoms with Crippen LogP contribution in [0.4, 0.5) is 5.69 Å². The number of anilines is 1. The van der Waals surface area contributed by atoms with Crippen LogP contribution >= 0.6 is 39.1 Å². The van der Waals surface area contributed by atoms with Crippen molar-refractivity contribution in [1.82, 2.24) is 9.66 Å². The van der Waals surface area contributed by atoms with Crippen LogP contribution in [-0.4, -0.2) is 35.5 Å². The normalized spacial score (nSPS) is 12.1. The smallest absolute Gasteiger partial charge is 0.282 e. The Morgan fingerprint density at radius 3 is 2.59 bits per heavy atom. The molecule has 0 radical (unpaired) electrons. The van der Waals surface area contributed by atoms with Gasteiger partial charge in [0.05, 0.1) is 24.2 Å². The molecule has 39 heavy (non-hydrogen) atoms. The molecule has 0 saturated heterocycles. The van der Waals surface area contributed by atoms with E-state index in [1.807, 2.05) is 19.9 Å². The van der Waals surface area contributed by atoms with Crippen LogP contribution < -0.4 is 20.3 Å². The predicted octanol–water partition coefficient (Wildman–Crippen LogP) is 6.89. The minimum Gasteiger partial charge on any atom is -0.493 e. The van der Waals surface area contributed by atoms with Crippen molar-refractivity contribution in [2.75, 3.05) is 19.0 Å². The number of ether oxygens (including phenoxy) is 2. The number of aromatic nitrogens is 2. The van der Waals surface area contributed by atoms with E-state index in [0.29, 0.717) is 43.8 Å². The molecule has 0 saturated carbocycles. The molecular formula is C28H25BrCl2N4O4. The molecule has 0 aliphatic carbocycles. The molecule has 0 aliphatic heterocycles. The molecule has 1 heterocycles. The maximum Gasteiger partial charge on any atom is 0.282 e. The number of methoxy groups -OCH3 is 1. The highest BCUT2D eigenvalue weighted by Crippen LogP contribution is 2.34. The number of hydrogen-bond acceptors (Lipinski definition) is 6. The maximum atomic E-state index is 13.5. The fraction of sp³-hybridized carbons (Fsp3) is 0.214. The zero-order chi connectivity index (χ0) is 28.1. The highest BCUT2D eigenvalue weighted by Gasteiger charge is 2.17. The van der Waals surface area contributed by atoms with Gasteiger partial charge in [-0.15, -0.1) is 0 Å².